The van der Waals surface area contributed by atoms with Crippen LogP contribution in [0.5, 0.6) is 5.75 Å². The Labute approximate surface area is 132 Å². The van der Waals surface area contributed by atoms with E-state index in [4.69, 9.17) is 4.74 Å². The van der Waals surface area contributed by atoms with Gasteiger partial charge in [0.1, 0.15) is 5.75 Å². The van der Waals surface area contributed by atoms with Crippen molar-refractivity contribution in [1.82, 2.24) is 10.2 Å². The van der Waals surface area contributed by atoms with Gasteiger partial charge in [-0.1, -0.05) is 31.4 Å². The number of amides is 2. The van der Waals surface area contributed by atoms with Crippen molar-refractivity contribution in [1.29, 1.82) is 0 Å². The highest BCUT2D eigenvalue weighted by atomic mass is 16.5. The molecule has 4 nitrogen and oxygen atoms in total. The van der Waals surface area contributed by atoms with Crippen LogP contribution < -0.4 is 10.1 Å². The molecule has 3 rings (SSSR count). The van der Waals surface area contributed by atoms with Crippen molar-refractivity contribution in [2.24, 2.45) is 0 Å². The second kappa shape index (κ2) is 7.03. The van der Waals surface area contributed by atoms with E-state index in [1.807, 2.05) is 17.0 Å². The summed E-state index contributed by atoms with van der Waals surface area (Å²) in [5, 5.41) is 3.24. The lowest BCUT2D eigenvalue weighted by Gasteiger charge is -2.29. The third-order valence-electron chi connectivity index (χ3n) is 4.93. The van der Waals surface area contributed by atoms with Crippen LogP contribution in [-0.4, -0.2) is 30.6 Å². The molecule has 1 atom stereocenters. The number of methoxy groups -OCH3 is 1. The fourth-order valence-corrected chi connectivity index (χ4v) is 3.71. The summed E-state index contributed by atoms with van der Waals surface area (Å²) >= 11 is 0. The molecule has 2 fully saturated rings. The molecule has 1 saturated carbocycles. The van der Waals surface area contributed by atoms with Gasteiger partial charge < -0.3 is 15.0 Å². The number of carbonyl (C=O) groups is 1. The Morgan fingerprint density at radius 2 is 2.00 bits per heavy atom. The van der Waals surface area contributed by atoms with E-state index < -0.39 is 0 Å². The molecule has 22 heavy (non-hydrogen) atoms. The minimum absolute atomic E-state index is 0.109. The van der Waals surface area contributed by atoms with Gasteiger partial charge in [0.15, 0.2) is 0 Å². The quantitative estimate of drug-likeness (QED) is 0.920. The molecule has 4 heteroatoms. The van der Waals surface area contributed by atoms with E-state index in [9.17, 15) is 4.79 Å². The monoisotopic (exact) mass is 302 g/mol. The molecule has 1 unspecified atom stereocenters. The van der Waals surface area contributed by atoms with E-state index in [0.717, 1.165) is 38.0 Å². The van der Waals surface area contributed by atoms with Gasteiger partial charge in [0, 0.05) is 12.6 Å². The number of likely N-dealkylation sites (tertiary alicyclic amines) is 1. The molecule has 1 aliphatic carbocycles. The van der Waals surface area contributed by atoms with Gasteiger partial charge >= 0.3 is 6.03 Å². The van der Waals surface area contributed by atoms with Crippen molar-refractivity contribution in [2.75, 3.05) is 13.7 Å². The first-order valence-electron chi connectivity index (χ1n) is 8.49. The molecule has 1 saturated heterocycles. The summed E-state index contributed by atoms with van der Waals surface area (Å²) in [5.74, 6) is 0.858. The van der Waals surface area contributed by atoms with Crippen molar-refractivity contribution in [3.8, 4) is 5.75 Å². The topological polar surface area (TPSA) is 41.6 Å². The lowest BCUT2D eigenvalue weighted by atomic mass is 9.96. The molecule has 2 aliphatic rings. The summed E-state index contributed by atoms with van der Waals surface area (Å²) < 4.78 is 5.31. The van der Waals surface area contributed by atoms with E-state index >= 15 is 0 Å². The van der Waals surface area contributed by atoms with Crippen LogP contribution >= 0.6 is 0 Å². The van der Waals surface area contributed by atoms with E-state index in [1.165, 1.54) is 24.8 Å². The van der Waals surface area contributed by atoms with Gasteiger partial charge in [0.2, 0.25) is 0 Å². The molecule has 1 heterocycles. The average Bonchev–Trinajstić information content (AvgIpc) is 3.05. The second-order valence-corrected chi connectivity index (χ2v) is 6.41. The number of carbonyl (C=O) groups excluding carboxylic acids is 1. The van der Waals surface area contributed by atoms with Gasteiger partial charge in [-0.25, -0.2) is 4.79 Å². The van der Waals surface area contributed by atoms with E-state index in [2.05, 4.69) is 17.4 Å². The highest BCUT2D eigenvalue weighted by Gasteiger charge is 2.31. The zero-order chi connectivity index (χ0) is 15.4. The minimum Gasteiger partial charge on any atom is -0.497 e. The van der Waals surface area contributed by atoms with Crippen LogP contribution in [0.1, 0.15) is 56.6 Å². The second-order valence-electron chi connectivity index (χ2n) is 6.41. The number of rotatable bonds is 3. The zero-order valence-electron chi connectivity index (χ0n) is 13.4. The summed E-state index contributed by atoms with van der Waals surface area (Å²) in [6.07, 6.45) is 8.15. The number of hydrogen-bond donors (Lipinski definition) is 1. The predicted molar refractivity (Wildman–Crippen MR) is 87.1 cm³/mol. The Kier molecular flexibility index (Phi) is 4.86. The molecule has 120 valence electrons. The molecule has 2 amide bonds. The van der Waals surface area contributed by atoms with Crippen molar-refractivity contribution in [3.05, 3.63) is 29.8 Å². The molecule has 1 aromatic rings. The summed E-state index contributed by atoms with van der Waals surface area (Å²) in [6, 6.07) is 8.76. The van der Waals surface area contributed by atoms with Crippen molar-refractivity contribution in [3.63, 3.8) is 0 Å². The first kappa shape index (κ1) is 15.2. The fraction of sp³-hybridized carbons (Fsp3) is 0.611. The Hall–Kier alpha value is -1.71. The highest BCUT2D eigenvalue weighted by molar-refractivity contribution is 5.75. The van der Waals surface area contributed by atoms with Crippen LogP contribution in [0.2, 0.25) is 0 Å². The summed E-state index contributed by atoms with van der Waals surface area (Å²) in [5.41, 5.74) is 1.18. The van der Waals surface area contributed by atoms with E-state index in [0.29, 0.717) is 6.04 Å². The molecule has 1 aliphatic heterocycles. The van der Waals surface area contributed by atoms with Crippen LogP contribution in [-0.2, 0) is 0 Å². The van der Waals surface area contributed by atoms with Gasteiger partial charge in [0.05, 0.1) is 13.2 Å². The van der Waals surface area contributed by atoms with Crippen LogP contribution in [0.3, 0.4) is 0 Å². The molecule has 0 radical (unpaired) electrons. The van der Waals surface area contributed by atoms with Gasteiger partial charge in [-0.3, -0.25) is 0 Å². The van der Waals surface area contributed by atoms with Crippen molar-refractivity contribution < 1.29 is 9.53 Å². The summed E-state index contributed by atoms with van der Waals surface area (Å²) in [4.78, 5) is 14.6. The summed E-state index contributed by atoms with van der Waals surface area (Å²) in [6.45, 7) is 0.848. The zero-order valence-corrected chi connectivity index (χ0v) is 13.4. The SMILES string of the molecule is COc1cccc(C2CCCN2C(=O)NC2CCCCC2)c1. The maximum Gasteiger partial charge on any atom is 0.318 e. The molecule has 1 N–H and O–H groups in total. The number of nitrogens with one attached hydrogen (secondary N) is 1. The minimum atomic E-state index is 0.109. The largest absolute Gasteiger partial charge is 0.497 e. The van der Waals surface area contributed by atoms with Gasteiger partial charge in [-0.2, -0.15) is 0 Å². The summed E-state index contributed by atoms with van der Waals surface area (Å²) in [7, 11) is 1.68. The predicted octanol–water partition coefficient (Wildman–Crippen LogP) is 3.87. The lowest BCUT2D eigenvalue weighted by molar-refractivity contribution is 0.185. The number of ether oxygens (including phenoxy) is 1. The Balaban J connectivity index is 1.67. The highest BCUT2D eigenvalue weighted by Crippen LogP contribution is 2.33. The molecule has 0 spiro atoms. The van der Waals surface area contributed by atoms with Gasteiger partial charge in [-0.05, 0) is 43.4 Å². The number of urea groups is 1. The first-order valence-corrected chi connectivity index (χ1v) is 8.49. The smallest absolute Gasteiger partial charge is 0.318 e. The van der Waals surface area contributed by atoms with Crippen molar-refractivity contribution in [2.45, 2.75) is 57.0 Å². The fourth-order valence-electron chi connectivity index (χ4n) is 3.71. The first-order chi connectivity index (χ1) is 10.8. The third kappa shape index (κ3) is 3.37. The number of benzene rings is 1. The Morgan fingerprint density at radius 1 is 1.18 bits per heavy atom. The van der Waals surface area contributed by atoms with Crippen LogP contribution in [0, 0.1) is 0 Å². The van der Waals surface area contributed by atoms with Crippen LogP contribution in [0.15, 0.2) is 24.3 Å². The maximum atomic E-state index is 12.6. The van der Waals surface area contributed by atoms with Gasteiger partial charge in [0.25, 0.3) is 0 Å². The molecular weight excluding hydrogens is 276 g/mol. The van der Waals surface area contributed by atoms with Gasteiger partial charge in [-0.15, -0.1) is 0 Å². The molecule has 0 aromatic heterocycles. The van der Waals surface area contributed by atoms with Crippen molar-refractivity contribution >= 4 is 6.03 Å². The maximum absolute atomic E-state index is 12.6. The van der Waals surface area contributed by atoms with E-state index in [-0.39, 0.29) is 12.1 Å². The normalized spacial score (nSPS) is 22.6. The van der Waals surface area contributed by atoms with E-state index in [1.54, 1.807) is 7.11 Å². The van der Waals surface area contributed by atoms with Crippen LogP contribution in [0.25, 0.3) is 0 Å². The molecule has 0 bridgehead atoms. The lowest BCUT2D eigenvalue weighted by Crippen LogP contribution is -2.45. The number of hydrogen-bond acceptors (Lipinski definition) is 2. The van der Waals surface area contributed by atoms with Crippen LogP contribution in [0.4, 0.5) is 4.79 Å². The Bertz CT molecular complexity index is 512. The standard InChI is InChI=1S/C18H26N2O2/c1-22-16-10-5-7-14(13-16)17-11-6-12-20(17)18(21)19-15-8-3-2-4-9-15/h5,7,10,13,15,17H,2-4,6,8-9,11-12H2,1H3,(H,19,21). The molecular formula is C18H26N2O2. The number of nitrogens with zero attached hydrogens (tertiary/aromatic N) is 1. The third-order valence-corrected chi connectivity index (χ3v) is 4.93. The average molecular weight is 302 g/mol. The molecule has 1 aromatic carbocycles. The Morgan fingerprint density at radius 3 is 2.77 bits per heavy atom.